The highest BCUT2D eigenvalue weighted by atomic mass is 16.5. The van der Waals surface area contributed by atoms with E-state index in [9.17, 15) is 14.4 Å². The minimum absolute atomic E-state index is 0.158. The Labute approximate surface area is 112 Å². The van der Waals surface area contributed by atoms with Gasteiger partial charge in [0.05, 0.1) is 6.61 Å². The first-order chi connectivity index (χ1) is 9.20. The summed E-state index contributed by atoms with van der Waals surface area (Å²) in [6.07, 6.45) is 3.53. The van der Waals surface area contributed by atoms with Crippen molar-refractivity contribution in [1.29, 1.82) is 0 Å². The third-order valence-corrected chi connectivity index (χ3v) is 2.53. The standard InChI is InChI=1S/C15H16O4/c1-2-19-15(18)13(10-6-7-11-16)14(17)12-8-4-3-5-9-12/h3-9,11,13H,2,10H2,1H3/b7-6+. The number of hydrogen-bond acceptors (Lipinski definition) is 4. The van der Waals surface area contributed by atoms with E-state index in [1.165, 1.54) is 12.2 Å². The largest absolute Gasteiger partial charge is 0.465 e. The second kappa shape index (κ2) is 7.97. The van der Waals surface area contributed by atoms with Gasteiger partial charge in [-0.15, -0.1) is 0 Å². The van der Waals surface area contributed by atoms with Crippen molar-refractivity contribution in [3.63, 3.8) is 0 Å². The summed E-state index contributed by atoms with van der Waals surface area (Å²) in [7, 11) is 0. The third kappa shape index (κ3) is 4.50. The molecule has 0 aliphatic carbocycles. The molecule has 1 aromatic rings. The third-order valence-electron chi connectivity index (χ3n) is 2.53. The summed E-state index contributed by atoms with van der Waals surface area (Å²) in [6, 6.07) is 8.56. The van der Waals surface area contributed by atoms with Crippen molar-refractivity contribution < 1.29 is 19.1 Å². The van der Waals surface area contributed by atoms with Crippen LogP contribution in [0.3, 0.4) is 0 Å². The van der Waals surface area contributed by atoms with Crippen LogP contribution < -0.4 is 0 Å². The molecule has 0 spiro atoms. The molecule has 0 radical (unpaired) electrons. The quantitative estimate of drug-likeness (QED) is 0.248. The van der Waals surface area contributed by atoms with Crippen LogP contribution in [0.1, 0.15) is 23.7 Å². The lowest BCUT2D eigenvalue weighted by Gasteiger charge is -2.12. The Morgan fingerprint density at radius 1 is 1.26 bits per heavy atom. The maximum absolute atomic E-state index is 12.2. The molecule has 19 heavy (non-hydrogen) atoms. The number of aldehydes is 1. The van der Waals surface area contributed by atoms with Crippen molar-refractivity contribution in [2.24, 2.45) is 5.92 Å². The van der Waals surface area contributed by atoms with Gasteiger partial charge in [-0.25, -0.2) is 0 Å². The second-order valence-electron chi connectivity index (χ2n) is 3.83. The molecule has 0 heterocycles. The number of ketones is 1. The highest BCUT2D eigenvalue weighted by molar-refractivity contribution is 6.08. The maximum atomic E-state index is 12.2. The van der Waals surface area contributed by atoms with Gasteiger partial charge in [-0.1, -0.05) is 36.4 Å². The van der Waals surface area contributed by atoms with Crippen LogP contribution in [0.2, 0.25) is 0 Å². The van der Waals surface area contributed by atoms with Crippen LogP contribution in [-0.2, 0) is 14.3 Å². The number of carbonyl (C=O) groups is 3. The topological polar surface area (TPSA) is 60.4 Å². The van der Waals surface area contributed by atoms with Gasteiger partial charge >= 0.3 is 5.97 Å². The van der Waals surface area contributed by atoms with Gasteiger partial charge in [-0.05, 0) is 19.4 Å². The predicted molar refractivity (Wildman–Crippen MR) is 70.7 cm³/mol. The number of rotatable bonds is 7. The minimum atomic E-state index is -0.904. The molecule has 1 atom stereocenters. The first-order valence-corrected chi connectivity index (χ1v) is 6.07. The molecule has 0 amide bonds. The number of hydrogen-bond donors (Lipinski definition) is 0. The van der Waals surface area contributed by atoms with Crippen molar-refractivity contribution in [2.75, 3.05) is 6.61 Å². The smallest absolute Gasteiger partial charge is 0.317 e. The molecule has 100 valence electrons. The van der Waals surface area contributed by atoms with Crippen molar-refractivity contribution in [3.8, 4) is 0 Å². The summed E-state index contributed by atoms with van der Waals surface area (Å²) in [4.78, 5) is 34.3. The number of allylic oxidation sites excluding steroid dienone is 2. The number of esters is 1. The molecule has 0 aliphatic heterocycles. The Bertz CT molecular complexity index is 462. The van der Waals surface area contributed by atoms with Gasteiger partial charge in [0.1, 0.15) is 12.2 Å². The van der Waals surface area contributed by atoms with E-state index in [2.05, 4.69) is 0 Å². The average Bonchev–Trinajstić information content (AvgIpc) is 2.44. The van der Waals surface area contributed by atoms with Crippen molar-refractivity contribution in [1.82, 2.24) is 0 Å². The van der Waals surface area contributed by atoms with E-state index in [4.69, 9.17) is 4.74 Å². The maximum Gasteiger partial charge on any atom is 0.317 e. The second-order valence-corrected chi connectivity index (χ2v) is 3.83. The minimum Gasteiger partial charge on any atom is -0.465 e. The fourth-order valence-electron chi connectivity index (χ4n) is 1.63. The molecule has 0 aromatic heterocycles. The first-order valence-electron chi connectivity index (χ1n) is 6.07. The zero-order valence-electron chi connectivity index (χ0n) is 10.7. The van der Waals surface area contributed by atoms with Crippen LogP contribution >= 0.6 is 0 Å². The lowest BCUT2D eigenvalue weighted by Crippen LogP contribution is -2.26. The van der Waals surface area contributed by atoms with Gasteiger partial charge in [-0.2, -0.15) is 0 Å². The van der Waals surface area contributed by atoms with E-state index in [1.807, 2.05) is 0 Å². The zero-order chi connectivity index (χ0) is 14.1. The van der Waals surface area contributed by atoms with E-state index >= 15 is 0 Å². The van der Waals surface area contributed by atoms with E-state index in [1.54, 1.807) is 37.3 Å². The van der Waals surface area contributed by atoms with Gasteiger partial charge < -0.3 is 4.74 Å². The van der Waals surface area contributed by atoms with E-state index in [-0.39, 0.29) is 18.8 Å². The molecular weight excluding hydrogens is 244 g/mol. The van der Waals surface area contributed by atoms with Crippen LogP contribution in [0.15, 0.2) is 42.5 Å². The molecule has 0 aliphatic rings. The lowest BCUT2D eigenvalue weighted by molar-refractivity contribution is -0.146. The van der Waals surface area contributed by atoms with E-state index in [0.717, 1.165) is 0 Å². The molecule has 0 saturated carbocycles. The summed E-state index contributed by atoms with van der Waals surface area (Å²) in [5, 5.41) is 0. The molecule has 1 rings (SSSR count). The Morgan fingerprint density at radius 2 is 1.95 bits per heavy atom. The molecule has 4 nitrogen and oxygen atoms in total. The average molecular weight is 260 g/mol. The molecule has 0 saturated heterocycles. The van der Waals surface area contributed by atoms with E-state index < -0.39 is 11.9 Å². The SMILES string of the molecule is CCOC(=O)C(C/C=C/C=O)C(=O)c1ccccc1. The molecule has 0 fully saturated rings. The normalized spacial score (nSPS) is 12.1. The van der Waals surface area contributed by atoms with Crippen LogP contribution in [0.5, 0.6) is 0 Å². The van der Waals surface area contributed by atoms with Gasteiger partial charge in [0, 0.05) is 5.56 Å². The first kappa shape index (κ1) is 14.8. The van der Waals surface area contributed by atoms with Crippen molar-refractivity contribution in [2.45, 2.75) is 13.3 Å². The highest BCUT2D eigenvalue weighted by Gasteiger charge is 2.27. The predicted octanol–water partition coefficient (Wildman–Crippen LogP) is 2.19. The highest BCUT2D eigenvalue weighted by Crippen LogP contribution is 2.15. The summed E-state index contributed by atoms with van der Waals surface area (Å²) in [5.41, 5.74) is 0.458. The molecule has 4 heteroatoms. The molecule has 0 bridgehead atoms. The molecule has 1 aromatic carbocycles. The van der Waals surface area contributed by atoms with Crippen molar-refractivity contribution in [3.05, 3.63) is 48.0 Å². The number of ether oxygens (including phenoxy) is 1. The van der Waals surface area contributed by atoms with Gasteiger partial charge in [0.25, 0.3) is 0 Å². The Hall–Kier alpha value is -2.23. The summed E-state index contributed by atoms with van der Waals surface area (Å²) in [5.74, 6) is -1.76. The van der Waals surface area contributed by atoms with Crippen molar-refractivity contribution >= 4 is 18.0 Å². The Kier molecular flexibility index (Phi) is 6.22. The number of benzene rings is 1. The van der Waals surface area contributed by atoms with Gasteiger partial charge in [0.15, 0.2) is 5.78 Å². The number of carbonyl (C=O) groups excluding carboxylic acids is 3. The van der Waals surface area contributed by atoms with Crippen LogP contribution in [0.25, 0.3) is 0 Å². The van der Waals surface area contributed by atoms with Crippen LogP contribution in [0, 0.1) is 5.92 Å². The van der Waals surface area contributed by atoms with Gasteiger partial charge in [-0.3, -0.25) is 14.4 Å². The Balaban J connectivity index is 2.89. The fourth-order valence-corrected chi connectivity index (χ4v) is 1.63. The monoisotopic (exact) mass is 260 g/mol. The Morgan fingerprint density at radius 3 is 2.53 bits per heavy atom. The van der Waals surface area contributed by atoms with Crippen LogP contribution in [-0.4, -0.2) is 24.6 Å². The van der Waals surface area contributed by atoms with Gasteiger partial charge in [0.2, 0.25) is 0 Å². The summed E-state index contributed by atoms with van der Waals surface area (Å²) < 4.78 is 4.90. The summed E-state index contributed by atoms with van der Waals surface area (Å²) >= 11 is 0. The summed E-state index contributed by atoms with van der Waals surface area (Å²) in [6.45, 7) is 1.90. The molecule has 0 N–H and O–H groups in total. The van der Waals surface area contributed by atoms with E-state index in [0.29, 0.717) is 11.8 Å². The lowest BCUT2D eigenvalue weighted by atomic mass is 9.94. The zero-order valence-corrected chi connectivity index (χ0v) is 10.7. The fraction of sp³-hybridized carbons (Fsp3) is 0.267. The molecule has 1 unspecified atom stereocenters. The number of Topliss-reactive ketones (excluding diaryl/α,β-unsaturated/α-hetero) is 1. The molecular formula is C15H16O4. The van der Waals surface area contributed by atoms with Crippen LogP contribution in [0.4, 0.5) is 0 Å².